The number of thioether (sulfide) groups is 1. The highest BCUT2D eigenvalue weighted by Crippen LogP contribution is 2.22. The maximum absolute atomic E-state index is 6.00. The van der Waals surface area contributed by atoms with Gasteiger partial charge in [-0.15, -0.1) is 0 Å². The summed E-state index contributed by atoms with van der Waals surface area (Å²) < 4.78 is 0. The number of hydrogen-bond donors (Lipinski definition) is 0. The zero-order valence-corrected chi connectivity index (χ0v) is 11.3. The molecule has 0 saturated carbocycles. The van der Waals surface area contributed by atoms with Gasteiger partial charge in [0, 0.05) is 5.75 Å². The number of pyridine rings is 1. The SMILES string of the molecule is CC(C)CCSCc1nc(Cl)ccc1Cl. The van der Waals surface area contributed by atoms with Gasteiger partial charge < -0.3 is 0 Å². The molecule has 15 heavy (non-hydrogen) atoms. The molecule has 0 aliphatic rings. The second-order valence-electron chi connectivity index (χ2n) is 3.80. The molecular formula is C11H15Cl2NS. The van der Waals surface area contributed by atoms with Gasteiger partial charge in [-0.05, 0) is 30.2 Å². The molecule has 0 fully saturated rings. The highest BCUT2D eigenvalue weighted by Gasteiger charge is 2.03. The number of halogens is 2. The van der Waals surface area contributed by atoms with Gasteiger partial charge in [0.05, 0.1) is 10.7 Å². The third-order valence-corrected chi connectivity index (χ3v) is 3.52. The Bertz CT molecular complexity index is 315. The zero-order chi connectivity index (χ0) is 11.3. The Morgan fingerprint density at radius 1 is 1.33 bits per heavy atom. The lowest BCUT2D eigenvalue weighted by Crippen LogP contribution is -1.93. The summed E-state index contributed by atoms with van der Waals surface area (Å²) in [5, 5.41) is 1.22. The minimum Gasteiger partial charge on any atom is -0.239 e. The van der Waals surface area contributed by atoms with Gasteiger partial charge in [-0.25, -0.2) is 4.98 Å². The number of hydrogen-bond acceptors (Lipinski definition) is 2. The fourth-order valence-corrected chi connectivity index (χ4v) is 2.66. The molecule has 0 atom stereocenters. The van der Waals surface area contributed by atoms with Crippen LogP contribution in [-0.4, -0.2) is 10.7 Å². The maximum Gasteiger partial charge on any atom is 0.129 e. The van der Waals surface area contributed by atoms with Crippen LogP contribution >= 0.6 is 35.0 Å². The molecule has 84 valence electrons. The van der Waals surface area contributed by atoms with Crippen LogP contribution in [0.5, 0.6) is 0 Å². The van der Waals surface area contributed by atoms with Gasteiger partial charge in [-0.2, -0.15) is 11.8 Å². The Kier molecular flexibility index (Phi) is 5.80. The monoisotopic (exact) mass is 263 g/mol. The lowest BCUT2D eigenvalue weighted by molar-refractivity contribution is 0.632. The van der Waals surface area contributed by atoms with E-state index < -0.39 is 0 Å². The van der Waals surface area contributed by atoms with Crippen LogP contribution in [0.1, 0.15) is 26.0 Å². The molecule has 1 aromatic heterocycles. The highest BCUT2D eigenvalue weighted by molar-refractivity contribution is 7.98. The summed E-state index contributed by atoms with van der Waals surface area (Å²) in [4.78, 5) is 4.20. The van der Waals surface area contributed by atoms with Crippen LogP contribution in [0.25, 0.3) is 0 Å². The standard InChI is InChI=1S/C11H15Cl2NS/c1-8(2)5-6-15-7-10-9(12)3-4-11(13)14-10/h3-4,8H,5-7H2,1-2H3. The number of aromatic nitrogens is 1. The first kappa shape index (κ1) is 13.1. The Hall–Kier alpha value is 0.0800. The van der Waals surface area contributed by atoms with Crippen LogP contribution in [0.4, 0.5) is 0 Å². The van der Waals surface area contributed by atoms with Crippen LogP contribution in [0.15, 0.2) is 12.1 Å². The summed E-state index contributed by atoms with van der Waals surface area (Å²) in [6, 6.07) is 3.52. The minimum atomic E-state index is 0.513. The number of rotatable bonds is 5. The molecule has 0 saturated heterocycles. The normalized spacial score (nSPS) is 11.0. The quantitative estimate of drug-likeness (QED) is 0.566. The van der Waals surface area contributed by atoms with Gasteiger partial charge in [0.2, 0.25) is 0 Å². The molecule has 0 aromatic carbocycles. The van der Waals surface area contributed by atoms with Crippen LogP contribution in [0.3, 0.4) is 0 Å². The van der Waals surface area contributed by atoms with E-state index in [9.17, 15) is 0 Å². The Morgan fingerprint density at radius 3 is 2.73 bits per heavy atom. The fourth-order valence-electron chi connectivity index (χ4n) is 1.05. The molecule has 0 aliphatic carbocycles. The Labute approximate surface area is 106 Å². The molecule has 0 radical (unpaired) electrons. The van der Waals surface area contributed by atoms with Crippen molar-refractivity contribution >= 4 is 35.0 Å². The first-order chi connectivity index (χ1) is 7.09. The van der Waals surface area contributed by atoms with Crippen LogP contribution in [0.2, 0.25) is 10.2 Å². The smallest absolute Gasteiger partial charge is 0.129 e. The van der Waals surface area contributed by atoms with Crippen molar-refractivity contribution in [2.75, 3.05) is 5.75 Å². The molecule has 0 spiro atoms. The van der Waals surface area contributed by atoms with E-state index in [-0.39, 0.29) is 0 Å². The van der Waals surface area contributed by atoms with E-state index in [0.29, 0.717) is 10.2 Å². The van der Waals surface area contributed by atoms with E-state index in [1.54, 1.807) is 12.1 Å². The van der Waals surface area contributed by atoms with Gasteiger partial charge in [0.15, 0.2) is 0 Å². The topological polar surface area (TPSA) is 12.9 Å². The van der Waals surface area contributed by atoms with Crippen LogP contribution < -0.4 is 0 Å². The molecule has 1 nitrogen and oxygen atoms in total. The molecule has 0 aliphatic heterocycles. The van der Waals surface area contributed by atoms with Gasteiger partial charge in [0.1, 0.15) is 5.15 Å². The van der Waals surface area contributed by atoms with Gasteiger partial charge in [-0.3, -0.25) is 0 Å². The average molecular weight is 264 g/mol. The summed E-state index contributed by atoms with van der Waals surface area (Å²) in [6.07, 6.45) is 1.23. The van der Waals surface area contributed by atoms with Crippen molar-refractivity contribution in [2.45, 2.75) is 26.0 Å². The molecule has 1 heterocycles. The second kappa shape index (κ2) is 6.62. The highest BCUT2D eigenvalue weighted by atomic mass is 35.5. The summed E-state index contributed by atoms with van der Waals surface area (Å²) in [7, 11) is 0. The third kappa shape index (κ3) is 5.10. The van der Waals surface area contributed by atoms with Gasteiger partial charge in [-0.1, -0.05) is 37.0 Å². The van der Waals surface area contributed by atoms with Crippen molar-refractivity contribution in [3.63, 3.8) is 0 Å². The summed E-state index contributed by atoms with van der Waals surface area (Å²) in [6.45, 7) is 4.45. The summed E-state index contributed by atoms with van der Waals surface area (Å²) >= 11 is 13.7. The predicted molar refractivity (Wildman–Crippen MR) is 69.9 cm³/mol. The van der Waals surface area contributed by atoms with Gasteiger partial charge >= 0.3 is 0 Å². The minimum absolute atomic E-state index is 0.513. The van der Waals surface area contributed by atoms with E-state index in [2.05, 4.69) is 18.8 Å². The van der Waals surface area contributed by atoms with Crippen molar-refractivity contribution in [1.29, 1.82) is 0 Å². The van der Waals surface area contributed by atoms with E-state index in [1.165, 1.54) is 6.42 Å². The molecule has 0 amide bonds. The van der Waals surface area contributed by atoms with Crippen molar-refractivity contribution < 1.29 is 0 Å². The van der Waals surface area contributed by atoms with Crippen molar-refractivity contribution in [2.24, 2.45) is 5.92 Å². The van der Waals surface area contributed by atoms with Crippen molar-refractivity contribution in [3.8, 4) is 0 Å². The number of nitrogens with zero attached hydrogens (tertiary/aromatic N) is 1. The summed E-state index contributed by atoms with van der Waals surface area (Å²) in [5.41, 5.74) is 0.887. The largest absolute Gasteiger partial charge is 0.239 e. The molecule has 1 rings (SSSR count). The predicted octanol–water partition coefficient (Wildman–Crippen LogP) is 4.67. The average Bonchev–Trinajstić information content (AvgIpc) is 2.17. The first-order valence-electron chi connectivity index (χ1n) is 4.98. The summed E-state index contributed by atoms with van der Waals surface area (Å²) in [5.74, 6) is 2.73. The van der Waals surface area contributed by atoms with Crippen LogP contribution in [0, 0.1) is 5.92 Å². The molecule has 0 bridgehead atoms. The van der Waals surface area contributed by atoms with E-state index in [0.717, 1.165) is 23.1 Å². The van der Waals surface area contributed by atoms with E-state index in [4.69, 9.17) is 23.2 Å². The fraction of sp³-hybridized carbons (Fsp3) is 0.545. The van der Waals surface area contributed by atoms with Crippen LogP contribution in [-0.2, 0) is 5.75 Å². The lowest BCUT2D eigenvalue weighted by atomic mass is 10.2. The Balaban J connectivity index is 2.40. The zero-order valence-electron chi connectivity index (χ0n) is 8.96. The molecular weight excluding hydrogens is 249 g/mol. The van der Waals surface area contributed by atoms with Crippen molar-refractivity contribution in [3.05, 3.63) is 28.0 Å². The lowest BCUT2D eigenvalue weighted by Gasteiger charge is -2.05. The Morgan fingerprint density at radius 2 is 2.07 bits per heavy atom. The molecule has 1 aromatic rings. The molecule has 4 heteroatoms. The van der Waals surface area contributed by atoms with E-state index >= 15 is 0 Å². The molecule has 0 unspecified atom stereocenters. The van der Waals surface area contributed by atoms with Gasteiger partial charge in [0.25, 0.3) is 0 Å². The third-order valence-electron chi connectivity index (χ3n) is 1.96. The maximum atomic E-state index is 6.00. The second-order valence-corrected chi connectivity index (χ2v) is 5.70. The van der Waals surface area contributed by atoms with E-state index in [1.807, 2.05) is 11.8 Å². The first-order valence-corrected chi connectivity index (χ1v) is 6.89. The van der Waals surface area contributed by atoms with Crippen molar-refractivity contribution in [1.82, 2.24) is 4.98 Å². The molecule has 0 N–H and O–H groups in total.